The summed E-state index contributed by atoms with van der Waals surface area (Å²) in [7, 11) is 0. The summed E-state index contributed by atoms with van der Waals surface area (Å²) in [5.74, 6) is 1.31. The van der Waals surface area contributed by atoms with Crippen molar-refractivity contribution in [2.45, 2.75) is 57.4 Å². The van der Waals surface area contributed by atoms with Crippen LogP contribution in [0.4, 0.5) is 0 Å². The standard InChI is InChI=1S/C18H26ClNO/c1-14-9-11-18(13-19,12-10-14)20-16(21)17(2,3)15-7-5-4-6-8-15/h4-8,14H,9-13H2,1-3H3,(H,20,21). The van der Waals surface area contributed by atoms with Gasteiger partial charge in [-0.1, -0.05) is 37.3 Å². The smallest absolute Gasteiger partial charge is 0.230 e. The van der Waals surface area contributed by atoms with E-state index in [9.17, 15) is 4.79 Å². The largest absolute Gasteiger partial charge is 0.349 e. The second-order valence-electron chi connectivity index (χ2n) is 7.04. The molecule has 21 heavy (non-hydrogen) atoms. The number of hydrogen-bond acceptors (Lipinski definition) is 1. The van der Waals surface area contributed by atoms with E-state index >= 15 is 0 Å². The maximum atomic E-state index is 12.8. The van der Waals surface area contributed by atoms with Crippen LogP contribution < -0.4 is 5.32 Å². The van der Waals surface area contributed by atoms with Gasteiger partial charge in [-0.2, -0.15) is 0 Å². The molecule has 0 heterocycles. The third-order valence-electron chi connectivity index (χ3n) is 4.93. The van der Waals surface area contributed by atoms with E-state index in [4.69, 9.17) is 11.6 Å². The summed E-state index contributed by atoms with van der Waals surface area (Å²) in [5, 5.41) is 3.27. The summed E-state index contributed by atoms with van der Waals surface area (Å²) >= 11 is 6.21. The Bertz CT molecular complexity index is 475. The van der Waals surface area contributed by atoms with Crippen LogP contribution >= 0.6 is 11.6 Å². The Kier molecular flexibility index (Phi) is 4.98. The van der Waals surface area contributed by atoms with E-state index in [1.165, 1.54) is 0 Å². The van der Waals surface area contributed by atoms with Crippen molar-refractivity contribution in [1.29, 1.82) is 0 Å². The Hall–Kier alpha value is -1.02. The van der Waals surface area contributed by atoms with Crippen LogP contribution in [0.25, 0.3) is 0 Å². The maximum Gasteiger partial charge on any atom is 0.230 e. The number of hydrogen-bond donors (Lipinski definition) is 1. The molecule has 0 unspecified atom stereocenters. The molecule has 0 bridgehead atoms. The molecule has 1 N–H and O–H groups in total. The van der Waals surface area contributed by atoms with Gasteiger partial charge >= 0.3 is 0 Å². The van der Waals surface area contributed by atoms with Crippen LogP contribution in [0.1, 0.15) is 52.0 Å². The van der Waals surface area contributed by atoms with Crippen LogP contribution in [0.5, 0.6) is 0 Å². The number of carbonyl (C=O) groups excluding carboxylic acids is 1. The summed E-state index contributed by atoms with van der Waals surface area (Å²) in [5.41, 5.74) is 0.275. The number of halogens is 1. The van der Waals surface area contributed by atoms with Crippen molar-refractivity contribution >= 4 is 17.5 Å². The highest BCUT2D eigenvalue weighted by molar-refractivity contribution is 6.18. The first kappa shape index (κ1) is 16.4. The molecule has 116 valence electrons. The number of alkyl halides is 1. The van der Waals surface area contributed by atoms with Gasteiger partial charge < -0.3 is 5.32 Å². The van der Waals surface area contributed by atoms with E-state index in [0.29, 0.717) is 5.88 Å². The third kappa shape index (κ3) is 3.60. The monoisotopic (exact) mass is 307 g/mol. The molecule has 1 aromatic carbocycles. The van der Waals surface area contributed by atoms with Gasteiger partial charge in [-0.25, -0.2) is 0 Å². The summed E-state index contributed by atoms with van der Waals surface area (Å²) in [4.78, 5) is 12.8. The average Bonchev–Trinajstić information content (AvgIpc) is 2.50. The fourth-order valence-corrected chi connectivity index (χ4v) is 3.32. The summed E-state index contributed by atoms with van der Waals surface area (Å²) < 4.78 is 0. The minimum Gasteiger partial charge on any atom is -0.349 e. The fourth-order valence-electron chi connectivity index (χ4n) is 2.99. The Morgan fingerprint density at radius 2 is 1.86 bits per heavy atom. The minimum absolute atomic E-state index is 0.0731. The van der Waals surface area contributed by atoms with Crippen LogP contribution in [0.15, 0.2) is 30.3 Å². The lowest BCUT2D eigenvalue weighted by molar-refractivity contribution is -0.128. The Labute approximate surface area is 133 Å². The zero-order valence-electron chi connectivity index (χ0n) is 13.3. The van der Waals surface area contributed by atoms with Crippen molar-refractivity contribution in [3.05, 3.63) is 35.9 Å². The molecule has 3 heteroatoms. The zero-order valence-corrected chi connectivity index (χ0v) is 14.0. The molecule has 1 amide bonds. The molecule has 2 rings (SSSR count). The maximum absolute atomic E-state index is 12.8. The SMILES string of the molecule is CC1CCC(CCl)(NC(=O)C(C)(C)c2ccccc2)CC1. The first-order valence-corrected chi connectivity index (χ1v) is 8.37. The van der Waals surface area contributed by atoms with Crippen molar-refractivity contribution in [1.82, 2.24) is 5.32 Å². The Morgan fingerprint density at radius 1 is 1.29 bits per heavy atom. The molecule has 1 saturated carbocycles. The van der Waals surface area contributed by atoms with Gasteiger partial charge in [0.1, 0.15) is 0 Å². The van der Waals surface area contributed by atoms with Gasteiger partial charge in [-0.3, -0.25) is 4.79 Å². The number of rotatable bonds is 4. The summed E-state index contributed by atoms with van der Waals surface area (Å²) in [6, 6.07) is 9.94. The molecular formula is C18H26ClNO. The van der Waals surface area contributed by atoms with Crippen LogP contribution in [0.3, 0.4) is 0 Å². The van der Waals surface area contributed by atoms with Gasteiger partial charge in [-0.15, -0.1) is 11.6 Å². The highest BCUT2D eigenvalue weighted by atomic mass is 35.5. The highest BCUT2D eigenvalue weighted by Crippen LogP contribution is 2.34. The van der Waals surface area contributed by atoms with Gasteiger partial charge in [0.15, 0.2) is 0 Å². The van der Waals surface area contributed by atoms with E-state index in [-0.39, 0.29) is 11.4 Å². The molecule has 1 fully saturated rings. The molecule has 0 aliphatic heterocycles. The minimum atomic E-state index is -0.538. The number of nitrogens with one attached hydrogen (secondary N) is 1. The van der Waals surface area contributed by atoms with Gasteiger partial charge in [-0.05, 0) is 51.0 Å². The molecular weight excluding hydrogens is 282 g/mol. The molecule has 0 aromatic heterocycles. The van der Waals surface area contributed by atoms with Gasteiger partial charge in [0.05, 0.1) is 11.0 Å². The molecule has 0 atom stereocenters. The van der Waals surface area contributed by atoms with Crippen molar-refractivity contribution in [3.63, 3.8) is 0 Å². The first-order chi connectivity index (χ1) is 9.89. The van der Waals surface area contributed by atoms with Crippen molar-refractivity contribution in [2.75, 3.05) is 5.88 Å². The molecule has 0 radical (unpaired) electrons. The van der Waals surface area contributed by atoms with Crippen molar-refractivity contribution < 1.29 is 4.79 Å². The predicted molar refractivity (Wildman–Crippen MR) is 88.7 cm³/mol. The quantitative estimate of drug-likeness (QED) is 0.827. The highest BCUT2D eigenvalue weighted by Gasteiger charge is 2.39. The van der Waals surface area contributed by atoms with Gasteiger partial charge in [0.2, 0.25) is 5.91 Å². The number of amides is 1. The fraction of sp³-hybridized carbons (Fsp3) is 0.611. The molecule has 1 aliphatic rings. The first-order valence-electron chi connectivity index (χ1n) is 7.84. The van der Waals surface area contributed by atoms with E-state index in [2.05, 4.69) is 12.2 Å². The van der Waals surface area contributed by atoms with E-state index < -0.39 is 5.41 Å². The molecule has 0 spiro atoms. The second-order valence-corrected chi connectivity index (χ2v) is 7.31. The van der Waals surface area contributed by atoms with Crippen LogP contribution in [-0.2, 0) is 10.2 Å². The van der Waals surface area contributed by atoms with E-state index in [1.807, 2.05) is 44.2 Å². The molecule has 0 saturated heterocycles. The van der Waals surface area contributed by atoms with E-state index in [1.54, 1.807) is 0 Å². The topological polar surface area (TPSA) is 29.1 Å². The second kappa shape index (κ2) is 6.39. The Morgan fingerprint density at radius 3 is 2.38 bits per heavy atom. The van der Waals surface area contributed by atoms with E-state index in [0.717, 1.165) is 37.2 Å². The van der Waals surface area contributed by atoms with Crippen molar-refractivity contribution in [2.24, 2.45) is 5.92 Å². The van der Waals surface area contributed by atoms with Crippen LogP contribution in [0, 0.1) is 5.92 Å². The third-order valence-corrected chi connectivity index (χ3v) is 5.44. The number of benzene rings is 1. The zero-order chi connectivity index (χ0) is 15.5. The lowest BCUT2D eigenvalue weighted by atomic mass is 9.76. The lowest BCUT2D eigenvalue weighted by Gasteiger charge is -2.41. The van der Waals surface area contributed by atoms with Crippen LogP contribution in [-0.4, -0.2) is 17.3 Å². The molecule has 1 aromatic rings. The van der Waals surface area contributed by atoms with Gasteiger partial charge in [0.25, 0.3) is 0 Å². The average molecular weight is 308 g/mol. The number of carbonyl (C=O) groups is 1. The summed E-state index contributed by atoms with van der Waals surface area (Å²) in [6.45, 7) is 6.23. The van der Waals surface area contributed by atoms with Crippen molar-refractivity contribution in [3.8, 4) is 0 Å². The van der Waals surface area contributed by atoms with Crippen LogP contribution in [0.2, 0.25) is 0 Å². The lowest BCUT2D eigenvalue weighted by Crippen LogP contribution is -2.56. The Balaban J connectivity index is 2.12. The molecule has 1 aliphatic carbocycles. The normalized spacial score (nSPS) is 26.4. The summed E-state index contributed by atoms with van der Waals surface area (Å²) in [6.07, 6.45) is 4.24. The predicted octanol–water partition coefficient (Wildman–Crippen LogP) is 4.27. The molecule has 2 nitrogen and oxygen atoms in total. The van der Waals surface area contributed by atoms with Gasteiger partial charge in [0, 0.05) is 5.88 Å².